The summed E-state index contributed by atoms with van der Waals surface area (Å²) in [6.45, 7) is 5.52. The zero-order valence-corrected chi connectivity index (χ0v) is 12.4. The first-order valence-electron chi connectivity index (χ1n) is 8.21. The average Bonchev–Trinajstić information content (AvgIpc) is 2.45. The number of nitrogens with one attached hydrogen (secondary N) is 2. The van der Waals surface area contributed by atoms with Gasteiger partial charge in [-0.05, 0) is 62.9 Å². The van der Waals surface area contributed by atoms with Crippen LogP contribution in [0.3, 0.4) is 0 Å². The molecule has 0 aromatic carbocycles. The summed E-state index contributed by atoms with van der Waals surface area (Å²) in [6, 6.07) is 0. The third-order valence-electron chi connectivity index (χ3n) is 4.96. The topological polar surface area (TPSA) is 41.1 Å². The Hall–Kier alpha value is -0.570. The largest absolute Gasteiger partial charge is 0.356 e. The molecule has 2 rings (SSSR count). The summed E-state index contributed by atoms with van der Waals surface area (Å²) in [5.41, 5.74) is 0. The lowest BCUT2D eigenvalue weighted by molar-refractivity contribution is -0.121. The molecule has 0 aromatic rings. The van der Waals surface area contributed by atoms with Gasteiger partial charge in [0, 0.05) is 13.0 Å². The highest BCUT2D eigenvalue weighted by atomic mass is 16.1. The minimum Gasteiger partial charge on any atom is -0.356 e. The standard InChI is InChI=1S/C16H30N2O/c1-13-2-4-15(5-3-13)12-18-16(19)7-6-14-8-10-17-11-9-14/h13-15,17H,2-12H2,1H3,(H,18,19). The van der Waals surface area contributed by atoms with Gasteiger partial charge in [0.1, 0.15) is 0 Å². The van der Waals surface area contributed by atoms with Crippen LogP contribution in [0.2, 0.25) is 0 Å². The van der Waals surface area contributed by atoms with Crippen LogP contribution in [0.25, 0.3) is 0 Å². The molecule has 0 radical (unpaired) electrons. The molecule has 1 saturated carbocycles. The van der Waals surface area contributed by atoms with E-state index in [1.807, 2.05) is 0 Å². The van der Waals surface area contributed by atoms with Gasteiger partial charge in [0.2, 0.25) is 5.91 Å². The van der Waals surface area contributed by atoms with Gasteiger partial charge < -0.3 is 10.6 Å². The van der Waals surface area contributed by atoms with Gasteiger partial charge in [-0.1, -0.05) is 19.8 Å². The first-order valence-corrected chi connectivity index (χ1v) is 8.21. The van der Waals surface area contributed by atoms with Gasteiger partial charge in [0.25, 0.3) is 0 Å². The van der Waals surface area contributed by atoms with Gasteiger partial charge in [0.15, 0.2) is 0 Å². The maximum atomic E-state index is 11.9. The predicted molar refractivity (Wildman–Crippen MR) is 79.0 cm³/mol. The Kier molecular flexibility index (Phi) is 6.15. The SMILES string of the molecule is CC1CCC(CNC(=O)CCC2CCNCC2)CC1. The van der Waals surface area contributed by atoms with Crippen molar-refractivity contribution in [2.45, 2.75) is 58.3 Å². The quantitative estimate of drug-likeness (QED) is 0.803. The summed E-state index contributed by atoms with van der Waals surface area (Å²) in [6.07, 6.45) is 9.58. The lowest BCUT2D eigenvalue weighted by atomic mass is 9.83. The van der Waals surface area contributed by atoms with E-state index in [2.05, 4.69) is 17.6 Å². The second-order valence-electron chi connectivity index (χ2n) is 6.66. The van der Waals surface area contributed by atoms with Gasteiger partial charge in [-0.25, -0.2) is 0 Å². The monoisotopic (exact) mass is 266 g/mol. The van der Waals surface area contributed by atoms with Gasteiger partial charge in [-0.2, -0.15) is 0 Å². The van der Waals surface area contributed by atoms with Crippen molar-refractivity contribution in [3.63, 3.8) is 0 Å². The van der Waals surface area contributed by atoms with Crippen LogP contribution in [0.1, 0.15) is 58.3 Å². The molecule has 3 nitrogen and oxygen atoms in total. The van der Waals surface area contributed by atoms with Gasteiger partial charge >= 0.3 is 0 Å². The molecule has 1 aliphatic heterocycles. The summed E-state index contributed by atoms with van der Waals surface area (Å²) >= 11 is 0. The van der Waals surface area contributed by atoms with Crippen LogP contribution >= 0.6 is 0 Å². The zero-order valence-electron chi connectivity index (χ0n) is 12.4. The molecule has 0 aromatic heterocycles. The fourth-order valence-corrected chi connectivity index (χ4v) is 3.39. The number of rotatable bonds is 5. The Bertz CT molecular complexity index is 266. The summed E-state index contributed by atoms with van der Waals surface area (Å²) in [5.74, 6) is 2.67. The van der Waals surface area contributed by atoms with Crippen LogP contribution in [0.5, 0.6) is 0 Å². The van der Waals surface area contributed by atoms with Crippen molar-refractivity contribution in [2.24, 2.45) is 17.8 Å². The molecule has 0 bridgehead atoms. The van der Waals surface area contributed by atoms with Crippen LogP contribution < -0.4 is 10.6 Å². The Morgan fingerprint density at radius 1 is 1.05 bits per heavy atom. The van der Waals surface area contributed by atoms with Gasteiger partial charge in [-0.15, -0.1) is 0 Å². The molecule has 19 heavy (non-hydrogen) atoms. The van der Waals surface area contributed by atoms with E-state index >= 15 is 0 Å². The molecule has 1 amide bonds. The fraction of sp³-hybridized carbons (Fsp3) is 0.938. The molecule has 2 fully saturated rings. The highest BCUT2D eigenvalue weighted by Gasteiger charge is 2.19. The van der Waals surface area contributed by atoms with Crippen LogP contribution in [-0.2, 0) is 4.79 Å². The molecule has 2 N–H and O–H groups in total. The van der Waals surface area contributed by atoms with E-state index in [1.165, 1.54) is 38.5 Å². The lowest BCUT2D eigenvalue weighted by Gasteiger charge is -2.26. The molecule has 0 spiro atoms. The number of carbonyl (C=O) groups excluding carboxylic acids is 1. The number of amides is 1. The molecule has 1 aliphatic carbocycles. The van der Waals surface area contributed by atoms with Crippen molar-refractivity contribution in [1.29, 1.82) is 0 Å². The molecule has 1 saturated heterocycles. The van der Waals surface area contributed by atoms with Gasteiger partial charge in [0.05, 0.1) is 0 Å². The number of piperidine rings is 1. The second-order valence-corrected chi connectivity index (χ2v) is 6.66. The van der Waals surface area contributed by atoms with Crippen LogP contribution in [0.4, 0.5) is 0 Å². The van der Waals surface area contributed by atoms with E-state index in [9.17, 15) is 4.79 Å². The third-order valence-corrected chi connectivity index (χ3v) is 4.96. The Labute approximate surface area is 117 Å². The van der Waals surface area contributed by atoms with Gasteiger partial charge in [-0.3, -0.25) is 4.79 Å². The van der Waals surface area contributed by atoms with Crippen molar-refractivity contribution >= 4 is 5.91 Å². The highest BCUT2D eigenvalue weighted by Crippen LogP contribution is 2.27. The van der Waals surface area contributed by atoms with E-state index in [1.54, 1.807) is 0 Å². The smallest absolute Gasteiger partial charge is 0.220 e. The normalized spacial score (nSPS) is 29.1. The number of carbonyl (C=O) groups is 1. The Morgan fingerprint density at radius 3 is 2.42 bits per heavy atom. The lowest BCUT2D eigenvalue weighted by Crippen LogP contribution is -2.32. The van der Waals surface area contributed by atoms with Crippen molar-refractivity contribution in [3.8, 4) is 0 Å². The van der Waals surface area contributed by atoms with Crippen LogP contribution in [0, 0.1) is 17.8 Å². The average molecular weight is 266 g/mol. The van der Waals surface area contributed by atoms with Crippen LogP contribution in [-0.4, -0.2) is 25.5 Å². The van der Waals surface area contributed by atoms with Crippen molar-refractivity contribution < 1.29 is 4.79 Å². The zero-order chi connectivity index (χ0) is 13.5. The molecule has 3 heteroatoms. The molecule has 0 unspecified atom stereocenters. The minimum atomic E-state index is 0.275. The molecular weight excluding hydrogens is 236 g/mol. The first-order chi connectivity index (χ1) is 9.24. The van der Waals surface area contributed by atoms with Crippen molar-refractivity contribution in [1.82, 2.24) is 10.6 Å². The molecule has 1 heterocycles. The molecule has 0 atom stereocenters. The van der Waals surface area contributed by atoms with E-state index in [-0.39, 0.29) is 5.91 Å². The number of hydrogen-bond acceptors (Lipinski definition) is 2. The summed E-state index contributed by atoms with van der Waals surface area (Å²) in [5, 5.41) is 6.53. The van der Waals surface area contributed by atoms with E-state index in [4.69, 9.17) is 0 Å². The maximum Gasteiger partial charge on any atom is 0.220 e. The Balaban J connectivity index is 1.54. The summed E-state index contributed by atoms with van der Waals surface area (Å²) in [7, 11) is 0. The van der Waals surface area contributed by atoms with Crippen molar-refractivity contribution in [3.05, 3.63) is 0 Å². The first kappa shape index (κ1) is 14.8. The molecular formula is C16H30N2O. The highest BCUT2D eigenvalue weighted by molar-refractivity contribution is 5.75. The van der Waals surface area contributed by atoms with Crippen molar-refractivity contribution in [2.75, 3.05) is 19.6 Å². The number of hydrogen-bond donors (Lipinski definition) is 2. The van der Waals surface area contributed by atoms with Crippen LogP contribution in [0.15, 0.2) is 0 Å². The Morgan fingerprint density at radius 2 is 1.74 bits per heavy atom. The summed E-state index contributed by atoms with van der Waals surface area (Å²) in [4.78, 5) is 11.9. The molecule has 2 aliphatic rings. The van der Waals surface area contributed by atoms with E-state index in [0.29, 0.717) is 0 Å². The van der Waals surface area contributed by atoms with E-state index < -0.39 is 0 Å². The second kappa shape index (κ2) is 7.88. The maximum absolute atomic E-state index is 11.9. The minimum absolute atomic E-state index is 0.275. The third kappa shape index (κ3) is 5.52. The predicted octanol–water partition coefficient (Wildman–Crippen LogP) is 2.71. The fourth-order valence-electron chi connectivity index (χ4n) is 3.39. The van der Waals surface area contributed by atoms with E-state index in [0.717, 1.165) is 50.2 Å². The molecule has 110 valence electrons. The summed E-state index contributed by atoms with van der Waals surface area (Å²) < 4.78 is 0.